The number of hydrogen-bond donors (Lipinski definition) is 2. The third-order valence-electron chi connectivity index (χ3n) is 2.76. The fourth-order valence-corrected chi connectivity index (χ4v) is 2.51. The SMILES string of the molecule is CC(NCc1cccc(CO)c1)c1cccs1. The van der Waals surface area contributed by atoms with Crippen LogP contribution in [0.25, 0.3) is 0 Å². The summed E-state index contributed by atoms with van der Waals surface area (Å²) in [6, 6.07) is 12.6. The Kier molecular flexibility index (Phi) is 4.31. The molecule has 0 fully saturated rings. The van der Waals surface area contributed by atoms with Crippen molar-refractivity contribution in [3.8, 4) is 0 Å². The smallest absolute Gasteiger partial charge is 0.0681 e. The standard InChI is InChI=1S/C14H17NOS/c1-11(14-6-3-7-17-14)15-9-12-4-2-5-13(8-12)10-16/h2-8,11,15-16H,9-10H2,1H3. The second kappa shape index (κ2) is 5.96. The van der Waals surface area contributed by atoms with Gasteiger partial charge in [-0.05, 0) is 29.5 Å². The summed E-state index contributed by atoms with van der Waals surface area (Å²) in [5.74, 6) is 0. The van der Waals surface area contributed by atoms with E-state index in [0.29, 0.717) is 6.04 Å². The van der Waals surface area contributed by atoms with Gasteiger partial charge >= 0.3 is 0 Å². The van der Waals surface area contributed by atoms with E-state index < -0.39 is 0 Å². The molecule has 90 valence electrons. The molecule has 1 heterocycles. The zero-order valence-corrected chi connectivity index (χ0v) is 10.7. The maximum atomic E-state index is 9.07. The first-order chi connectivity index (χ1) is 8.29. The Morgan fingerprint density at radius 2 is 2.06 bits per heavy atom. The van der Waals surface area contributed by atoms with Gasteiger partial charge in [0.2, 0.25) is 0 Å². The highest BCUT2D eigenvalue weighted by Crippen LogP contribution is 2.18. The van der Waals surface area contributed by atoms with Crippen molar-refractivity contribution in [2.24, 2.45) is 0 Å². The lowest BCUT2D eigenvalue weighted by molar-refractivity contribution is 0.281. The molecule has 2 rings (SSSR count). The molecule has 2 aromatic rings. The summed E-state index contributed by atoms with van der Waals surface area (Å²) >= 11 is 1.77. The molecule has 1 aromatic carbocycles. The van der Waals surface area contributed by atoms with Gasteiger partial charge in [0.25, 0.3) is 0 Å². The largest absolute Gasteiger partial charge is 0.392 e. The Morgan fingerprint density at radius 1 is 1.24 bits per heavy atom. The Morgan fingerprint density at radius 3 is 2.76 bits per heavy atom. The summed E-state index contributed by atoms with van der Waals surface area (Å²) in [7, 11) is 0. The van der Waals surface area contributed by atoms with Gasteiger partial charge in [0.05, 0.1) is 6.61 Å². The fraction of sp³-hybridized carbons (Fsp3) is 0.286. The van der Waals surface area contributed by atoms with E-state index >= 15 is 0 Å². The Bertz CT molecular complexity index is 453. The zero-order valence-electron chi connectivity index (χ0n) is 9.89. The molecule has 0 aliphatic rings. The molecule has 3 heteroatoms. The van der Waals surface area contributed by atoms with Crippen LogP contribution in [-0.4, -0.2) is 5.11 Å². The van der Waals surface area contributed by atoms with Crippen molar-refractivity contribution in [1.82, 2.24) is 5.32 Å². The lowest BCUT2D eigenvalue weighted by Gasteiger charge is -2.12. The van der Waals surface area contributed by atoms with Gasteiger partial charge in [-0.15, -0.1) is 11.3 Å². The predicted octanol–water partition coefficient (Wildman–Crippen LogP) is 3.09. The summed E-state index contributed by atoms with van der Waals surface area (Å²) in [5.41, 5.74) is 2.17. The minimum Gasteiger partial charge on any atom is -0.392 e. The molecule has 1 atom stereocenters. The molecule has 17 heavy (non-hydrogen) atoms. The van der Waals surface area contributed by atoms with Gasteiger partial charge < -0.3 is 10.4 Å². The molecule has 1 unspecified atom stereocenters. The van der Waals surface area contributed by atoms with Crippen LogP contribution in [0.3, 0.4) is 0 Å². The Balaban J connectivity index is 1.93. The van der Waals surface area contributed by atoms with Crippen molar-refractivity contribution < 1.29 is 5.11 Å². The van der Waals surface area contributed by atoms with Gasteiger partial charge in [0, 0.05) is 17.5 Å². The van der Waals surface area contributed by atoms with E-state index in [1.165, 1.54) is 10.4 Å². The minimum absolute atomic E-state index is 0.105. The van der Waals surface area contributed by atoms with E-state index in [4.69, 9.17) is 5.11 Å². The molecule has 0 bridgehead atoms. The van der Waals surface area contributed by atoms with Crippen molar-refractivity contribution >= 4 is 11.3 Å². The summed E-state index contributed by atoms with van der Waals surface area (Å²) in [6.07, 6.45) is 0. The maximum Gasteiger partial charge on any atom is 0.0681 e. The molecule has 0 saturated carbocycles. The third-order valence-corrected chi connectivity index (χ3v) is 3.81. The Hall–Kier alpha value is -1.16. The van der Waals surface area contributed by atoms with Crippen LogP contribution >= 0.6 is 11.3 Å². The van der Waals surface area contributed by atoms with E-state index in [1.54, 1.807) is 11.3 Å². The number of nitrogens with one attached hydrogen (secondary N) is 1. The van der Waals surface area contributed by atoms with Crippen LogP contribution in [0, 0.1) is 0 Å². The predicted molar refractivity (Wildman–Crippen MR) is 71.9 cm³/mol. The summed E-state index contributed by atoms with van der Waals surface area (Å²) < 4.78 is 0. The molecule has 2 N–H and O–H groups in total. The van der Waals surface area contributed by atoms with E-state index in [9.17, 15) is 0 Å². The number of thiophene rings is 1. The molecule has 0 saturated heterocycles. The summed E-state index contributed by atoms with van der Waals surface area (Å²) in [6.45, 7) is 3.10. The summed E-state index contributed by atoms with van der Waals surface area (Å²) in [5, 5.41) is 14.6. The van der Waals surface area contributed by atoms with Gasteiger partial charge in [-0.1, -0.05) is 30.3 Å². The van der Waals surface area contributed by atoms with Crippen LogP contribution in [0.15, 0.2) is 41.8 Å². The highest BCUT2D eigenvalue weighted by atomic mass is 32.1. The molecule has 0 amide bonds. The van der Waals surface area contributed by atoms with Gasteiger partial charge in [0.15, 0.2) is 0 Å². The second-order valence-electron chi connectivity index (χ2n) is 4.10. The van der Waals surface area contributed by atoms with E-state index in [0.717, 1.165) is 12.1 Å². The first-order valence-electron chi connectivity index (χ1n) is 5.75. The van der Waals surface area contributed by atoms with Crippen LogP contribution in [0.4, 0.5) is 0 Å². The molecule has 2 nitrogen and oxygen atoms in total. The first-order valence-corrected chi connectivity index (χ1v) is 6.63. The minimum atomic E-state index is 0.105. The van der Waals surface area contributed by atoms with Gasteiger partial charge in [-0.3, -0.25) is 0 Å². The van der Waals surface area contributed by atoms with E-state index in [-0.39, 0.29) is 6.61 Å². The van der Waals surface area contributed by atoms with Crippen LogP contribution < -0.4 is 5.32 Å². The normalized spacial score (nSPS) is 12.6. The van der Waals surface area contributed by atoms with Gasteiger partial charge in [0.1, 0.15) is 0 Å². The lowest BCUT2D eigenvalue weighted by atomic mass is 10.1. The molecule has 1 aromatic heterocycles. The number of hydrogen-bond acceptors (Lipinski definition) is 3. The highest BCUT2D eigenvalue weighted by Gasteiger charge is 2.05. The molecule has 0 radical (unpaired) electrons. The first kappa shape index (κ1) is 12.3. The van der Waals surface area contributed by atoms with Crippen LogP contribution in [0.2, 0.25) is 0 Å². The van der Waals surface area contributed by atoms with Crippen LogP contribution in [-0.2, 0) is 13.2 Å². The van der Waals surface area contributed by atoms with Crippen LogP contribution in [0.1, 0.15) is 29.0 Å². The monoisotopic (exact) mass is 247 g/mol. The average Bonchev–Trinajstić information content (AvgIpc) is 2.90. The number of aliphatic hydroxyl groups excluding tert-OH is 1. The second-order valence-corrected chi connectivity index (χ2v) is 5.08. The van der Waals surface area contributed by atoms with E-state index in [2.05, 4.69) is 35.8 Å². The topological polar surface area (TPSA) is 32.3 Å². The van der Waals surface area contributed by atoms with Crippen molar-refractivity contribution in [3.05, 3.63) is 57.8 Å². The van der Waals surface area contributed by atoms with Gasteiger partial charge in [-0.25, -0.2) is 0 Å². The number of rotatable bonds is 5. The third kappa shape index (κ3) is 3.40. The molecule has 0 aliphatic carbocycles. The number of aliphatic hydroxyl groups is 1. The quantitative estimate of drug-likeness (QED) is 0.851. The summed E-state index contributed by atoms with van der Waals surface area (Å²) in [4.78, 5) is 1.35. The van der Waals surface area contributed by atoms with E-state index in [1.807, 2.05) is 18.2 Å². The molecule has 0 spiro atoms. The highest BCUT2D eigenvalue weighted by molar-refractivity contribution is 7.10. The average molecular weight is 247 g/mol. The van der Waals surface area contributed by atoms with Crippen molar-refractivity contribution in [2.45, 2.75) is 26.1 Å². The van der Waals surface area contributed by atoms with Crippen molar-refractivity contribution in [3.63, 3.8) is 0 Å². The maximum absolute atomic E-state index is 9.07. The molecule has 0 aliphatic heterocycles. The lowest BCUT2D eigenvalue weighted by Crippen LogP contribution is -2.17. The molecular weight excluding hydrogens is 230 g/mol. The zero-order chi connectivity index (χ0) is 12.1. The Labute approximate surface area is 106 Å². The van der Waals surface area contributed by atoms with Crippen molar-refractivity contribution in [1.29, 1.82) is 0 Å². The molecular formula is C14H17NOS. The number of benzene rings is 1. The van der Waals surface area contributed by atoms with Crippen LogP contribution in [0.5, 0.6) is 0 Å². The van der Waals surface area contributed by atoms with Gasteiger partial charge in [-0.2, -0.15) is 0 Å². The van der Waals surface area contributed by atoms with Crippen molar-refractivity contribution in [2.75, 3.05) is 0 Å². The fourth-order valence-electron chi connectivity index (χ4n) is 1.75.